The minimum atomic E-state index is -4.65. The Balaban J connectivity index is 1.32. The van der Waals surface area contributed by atoms with Crippen LogP contribution in [0.4, 0.5) is 17.6 Å². The lowest BCUT2D eigenvalue weighted by Crippen LogP contribution is -2.49. The van der Waals surface area contributed by atoms with Crippen molar-refractivity contribution < 1.29 is 31.9 Å². The van der Waals surface area contributed by atoms with Gasteiger partial charge in [0.25, 0.3) is 5.91 Å². The minimum absolute atomic E-state index is 0.106. The topological polar surface area (TPSA) is 87.5 Å². The molecule has 1 saturated carbocycles. The number of rotatable bonds is 7. The van der Waals surface area contributed by atoms with Crippen LogP contribution >= 0.6 is 0 Å². The third kappa shape index (κ3) is 5.48. The number of Topliss-reactive ketones (excluding diaryl/α,β-unsaturated/α-hetero) is 1. The summed E-state index contributed by atoms with van der Waals surface area (Å²) in [5.74, 6) is -1.07. The zero-order valence-electron chi connectivity index (χ0n) is 24.8. The molecule has 3 fully saturated rings. The first-order valence-electron chi connectivity index (χ1n) is 15.0. The van der Waals surface area contributed by atoms with E-state index in [4.69, 9.17) is 0 Å². The van der Waals surface area contributed by atoms with Crippen LogP contribution in [-0.2, 0) is 4.79 Å². The van der Waals surface area contributed by atoms with Gasteiger partial charge in [0.15, 0.2) is 5.78 Å². The summed E-state index contributed by atoms with van der Waals surface area (Å²) in [6, 6.07) is 4.16. The van der Waals surface area contributed by atoms with Crippen molar-refractivity contribution in [2.75, 3.05) is 26.2 Å². The fourth-order valence-electron chi connectivity index (χ4n) is 6.97. The number of hydrogen-bond donors (Lipinski definition) is 1. The van der Waals surface area contributed by atoms with Crippen molar-refractivity contribution in [2.24, 2.45) is 17.8 Å². The van der Waals surface area contributed by atoms with Crippen LogP contribution in [0.25, 0.3) is 16.6 Å². The highest BCUT2D eigenvalue weighted by molar-refractivity contribution is 6.11. The van der Waals surface area contributed by atoms with Crippen molar-refractivity contribution in [3.8, 4) is 5.69 Å². The summed E-state index contributed by atoms with van der Waals surface area (Å²) in [4.78, 5) is 47.5. The predicted molar refractivity (Wildman–Crippen MR) is 155 cm³/mol. The van der Waals surface area contributed by atoms with Crippen LogP contribution in [0.5, 0.6) is 0 Å². The van der Waals surface area contributed by atoms with E-state index in [0.717, 1.165) is 25.1 Å². The molecule has 44 heavy (non-hydrogen) atoms. The molecule has 2 aliphatic heterocycles. The number of carbonyl (C=O) groups is 3. The summed E-state index contributed by atoms with van der Waals surface area (Å²) in [5.41, 5.74) is 1.26. The van der Waals surface area contributed by atoms with Gasteiger partial charge in [0.1, 0.15) is 12.4 Å². The number of halogens is 4. The molecule has 0 unspecified atom stereocenters. The van der Waals surface area contributed by atoms with Crippen LogP contribution < -0.4 is 5.32 Å². The van der Waals surface area contributed by atoms with Crippen LogP contribution in [0.15, 0.2) is 36.7 Å². The average Bonchev–Trinajstić information content (AvgIpc) is 3.54. The number of amides is 2. The average molecular weight is 614 g/mol. The van der Waals surface area contributed by atoms with Gasteiger partial charge in [0.2, 0.25) is 5.91 Å². The normalized spacial score (nSPS) is 22.0. The first-order valence-corrected chi connectivity index (χ1v) is 15.0. The highest BCUT2D eigenvalue weighted by atomic mass is 19.4. The van der Waals surface area contributed by atoms with Crippen LogP contribution in [0.1, 0.15) is 59.5 Å². The summed E-state index contributed by atoms with van der Waals surface area (Å²) < 4.78 is 56.4. The molecule has 2 saturated heterocycles. The van der Waals surface area contributed by atoms with E-state index in [1.807, 2.05) is 4.90 Å². The Morgan fingerprint density at radius 3 is 2.48 bits per heavy atom. The van der Waals surface area contributed by atoms with Crippen molar-refractivity contribution in [1.29, 1.82) is 0 Å². The maximum atomic E-state index is 14.5. The van der Waals surface area contributed by atoms with Gasteiger partial charge in [-0.25, -0.2) is 4.39 Å². The smallest absolute Gasteiger partial charge is 0.341 e. The maximum absolute atomic E-state index is 14.5. The lowest BCUT2D eigenvalue weighted by molar-refractivity contribution is -0.143. The second-order valence-electron chi connectivity index (χ2n) is 12.5. The van der Waals surface area contributed by atoms with E-state index in [0.29, 0.717) is 64.8 Å². The SMILES string of the molecule is Cc1c(C(=O)C2CCN(C(=O)[C@@H]3NC[C@@H]4C[C@@H]43)CC2)c2ccncc2n1-c1ccc(F)cc1C(=O)N(CC(F)(F)F)C(C)C. The van der Waals surface area contributed by atoms with Crippen LogP contribution in [0.3, 0.4) is 0 Å². The summed E-state index contributed by atoms with van der Waals surface area (Å²) in [7, 11) is 0. The molecule has 2 amide bonds. The van der Waals surface area contributed by atoms with E-state index in [1.165, 1.54) is 26.1 Å². The van der Waals surface area contributed by atoms with E-state index < -0.39 is 30.5 Å². The molecule has 0 radical (unpaired) electrons. The Labute approximate surface area is 252 Å². The number of likely N-dealkylation sites (tertiary alicyclic amines) is 1. The van der Waals surface area contributed by atoms with E-state index >= 15 is 0 Å². The van der Waals surface area contributed by atoms with Crippen molar-refractivity contribution in [3.05, 3.63) is 59.3 Å². The van der Waals surface area contributed by atoms with E-state index in [-0.39, 0.29) is 34.9 Å². The van der Waals surface area contributed by atoms with Crippen molar-refractivity contribution in [2.45, 2.75) is 58.3 Å². The number of carbonyl (C=O) groups excluding carboxylic acids is 3. The Kier molecular flexibility index (Phi) is 7.75. The first kappa shape index (κ1) is 30.2. The summed E-state index contributed by atoms with van der Waals surface area (Å²) >= 11 is 0. The van der Waals surface area contributed by atoms with Gasteiger partial charge in [-0.2, -0.15) is 13.2 Å². The highest BCUT2D eigenvalue weighted by Gasteiger charge is 2.52. The second-order valence-corrected chi connectivity index (χ2v) is 12.5. The standard InChI is InChI=1S/C32H35F4N5O3/c1-17(2)40(16-32(34,35)36)30(43)24-13-21(33)4-5-25(24)41-18(3)27(22-6-9-37-15-26(22)41)29(42)19-7-10-39(11-8-19)31(44)28-23-12-20(23)14-38-28/h4-6,9,13,15,17,19-20,23,28,38H,7-8,10-12,14,16H2,1-3H3/t20-,23-,28+/m0/s1. The van der Waals surface area contributed by atoms with Gasteiger partial charge >= 0.3 is 6.18 Å². The molecular formula is C32H35F4N5O3. The van der Waals surface area contributed by atoms with E-state index in [9.17, 15) is 31.9 Å². The van der Waals surface area contributed by atoms with E-state index in [1.54, 1.807) is 23.8 Å². The number of alkyl halides is 3. The molecule has 3 atom stereocenters. The number of pyridine rings is 1. The molecule has 234 valence electrons. The molecular weight excluding hydrogens is 578 g/mol. The number of fused-ring (bicyclic) bond motifs is 2. The third-order valence-electron chi connectivity index (χ3n) is 9.37. The fourth-order valence-corrected chi connectivity index (χ4v) is 6.97. The van der Waals surface area contributed by atoms with Crippen molar-refractivity contribution >= 4 is 28.5 Å². The molecule has 4 heterocycles. The number of benzene rings is 1. The number of ketones is 1. The summed E-state index contributed by atoms with van der Waals surface area (Å²) in [6.07, 6.45) is 0.516. The minimum Gasteiger partial charge on any atom is -0.341 e. The summed E-state index contributed by atoms with van der Waals surface area (Å²) in [5, 5.41) is 3.90. The Hall–Kier alpha value is -3.80. The molecule has 1 aromatic carbocycles. The monoisotopic (exact) mass is 613 g/mol. The molecule has 3 aromatic rings. The van der Waals surface area contributed by atoms with Crippen LogP contribution in [-0.4, -0.2) is 81.4 Å². The largest absolute Gasteiger partial charge is 0.406 e. The van der Waals surface area contributed by atoms with Gasteiger partial charge in [0, 0.05) is 47.9 Å². The quantitative estimate of drug-likeness (QED) is 0.302. The zero-order chi connectivity index (χ0) is 31.5. The Morgan fingerprint density at radius 1 is 1.14 bits per heavy atom. The van der Waals surface area contributed by atoms with Crippen molar-refractivity contribution in [1.82, 2.24) is 24.7 Å². The van der Waals surface area contributed by atoms with Gasteiger partial charge in [-0.1, -0.05) is 0 Å². The lowest BCUT2D eigenvalue weighted by Gasteiger charge is -2.33. The van der Waals surface area contributed by atoms with Gasteiger partial charge in [-0.15, -0.1) is 0 Å². The molecule has 1 N–H and O–H groups in total. The van der Waals surface area contributed by atoms with Gasteiger partial charge in [-0.05, 0) is 82.7 Å². The van der Waals surface area contributed by atoms with Crippen LogP contribution in [0, 0.1) is 30.5 Å². The van der Waals surface area contributed by atoms with E-state index in [2.05, 4.69) is 10.3 Å². The Morgan fingerprint density at radius 2 is 1.86 bits per heavy atom. The van der Waals surface area contributed by atoms with Crippen LogP contribution in [0.2, 0.25) is 0 Å². The maximum Gasteiger partial charge on any atom is 0.406 e. The lowest BCUT2D eigenvalue weighted by atomic mass is 9.87. The number of nitrogens with one attached hydrogen (secondary N) is 1. The fraction of sp³-hybridized carbons (Fsp3) is 0.500. The predicted octanol–water partition coefficient (Wildman–Crippen LogP) is 4.92. The highest BCUT2D eigenvalue weighted by Crippen LogP contribution is 2.45. The number of nitrogens with zero attached hydrogens (tertiary/aromatic N) is 4. The summed E-state index contributed by atoms with van der Waals surface area (Å²) in [6.45, 7) is 4.98. The molecule has 2 aromatic heterocycles. The van der Waals surface area contributed by atoms with Gasteiger partial charge in [-0.3, -0.25) is 19.4 Å². The third-order valence-corrected chi connectivity index (χ3v) is 9.37. The molecule has 0 bridgehead atoms. The van der Waals surface area contributed by atoms with Crippen molar-refractivity contribution in [3.63, 3.8) is 0 Å². The molecule has 3 aliphatic rings. The van der Waals surface area contributed by atoms with Gasteiger partial charge < -0.3 is 19.7 Å². The molecule has 6 rings (SSSR count). The molecule has 0 spiro atoms. The molecule has 1 aliphatic carbocycles. The second kappa shape index (κ2) is 11.3. The first-order chi connectivity index (χ1) is 20.9. The number of piperidine rings is 2. The molecule has 12 heteroatoms. The zero-order valence-corrected chi connectivity index (χ0v) is 24.8. The number of aromatic nitrogens is 2. The van der Waals surface area contributed by atoms with Gasteiger partial charge in [0.05, 0.1) is 29.0 Å². The molecule has 8 nitrogen and oxygen atoms in total. The number of hydrogen-bond acceptors (Lipinski definition) is 5. The Bertz CT molecular complexity index is 1630.